The van der Waals surface area contributed by atoms with Crippen LogP contribution >= 0.6 is 0 Å². The number of benzene rings is 1. The van der Waals surface area contributed by atoms with Gasteiger partial charge < -0.3 is 10.2 Å². The average molecular weight is 276 g/mol. The minimum Gasteiger partial charge on any atom is -0.351 e. The van der Waals surface area contributed by atoms with Crippen molar-refractivity contribution in [3.05, 3.63) is 41.7 Å². The second-order valence-corrected chi connectivity index (χ2v) is 5.08. The number of hydrogen-bond acceptors (Lipinski definition) is 2. The third-order valence-corrected chi connectivity index (χ3v) is 3.47. The number of carbonyl (C=O) groups excluding carboxylic acids is 1. The molecule has 1 aliphatic heterocycles. The molecule has 0 bridgehead atoms. The fraction of sp³-hybridized carbons (Fsp3) is 0.438. The van der Waals surface area contributed by atoms with Crippen molar-refractivity contribution in [1.29, 1.82) is 0 Å². The van der Waals surface area contributed by atoms with Gasteiger partial charge in [0.1, 0.15) is 5.82 Å². The predicted octanol–water partition coefficient (Wildman–Crippen LogP) is 2.44. The summed E-state index contributed by atoms with van der Waals surface area (Å²) in [5.41, 5.74) is 0.817. The molecule has 1 amide bonds. The number of likely N-dealkylation sites (tertiary alicyclic amines) is 1. The fourth-order valence-electron chi connectivity index (χ4n) is 2.32. The van der Waals surface area contributed by atoms with Crippen molar-refractivity contribution in [3.63, 3.8) is 0 Å². The van der Waals surface area contributed by atoms with Crippen molar-refractivity contribution in [2.45, 2.75) is 19.3 Å². The summed E-state index contributed by atoms with van der Waals surface area (Å²) in [4.78, 5) is 14.0. The van der Waals surface area contributed by atoms with E-state index in [0.717, 1.165) is 25.2 Å². The molecule has 0 aliphatic carbocycles. The van der Waals surface area contributed by atoms with Gasteiger partial charge in [-0.05, 0) is 49.7 Å². The molecule has 1 saturated heterocycles. The maximum Gasteiger partial charge on any atom is 0.244 e. The quantitative estimate of drug-likeness (QED) is 0.838. The Balaban J connectivity index is 1.68. The van der Waals surface area contributed by atoms with E-state index in [4.69, 9.17) is 0 Å². The number of piperidine rings is 1. The number of hydrogen-bond donors (Lipinski definition) is 1. The molecule has 2 rings (SSSR count). The van der Waals surface area contributed by atoms with Crippen molar-refractivity contribution in [2.75, 3.05) is 26.2 Å². The molecular weight excluding hydrogens is 255 g/mol. The van der Waals surface area contributed by atoms with Crippen molar-refractivity contribution >= 4 is 12.0 Å². The van der Waals surface area contributed by atoms with E-state index in [2.05, 4.69) is 10.2 Å². The van der Waals surface area contributed by atoms with Crippen molar-refractivity contribution in [3.8, 4) is 0 Å². The molecule has 0 atom stereocenters. The molecule has 0 radical (unpaired) electrons. The third kappa shape index (κ3) is 5.13. The first-order valence-corrected chi connectivity index (χ1v) is 7.18. The van der Waals surface area contributed by atoms with E-state index in [1.807, 2.05) is 0 Å². The lowest BCUT2D eigenvalue weighted by molar-refractivity contribution is -0.116. The minimum absolute atomic E-state index is 0.105. The monoisotopic (exact) mass is 276 g/mol. The van der Waals surface area contributed by atoms with E-state index in [1.165, 1.54) is 37.5 Å². The van der Waals surface area contributed by atoms with Crippen molar-refractivity contribution < 1.29 is 9.18 Å². The summed E-state index contributed by atoms with van der Waals surface area (Å²) in [5, 5.41) is 2.87. The van der Waals surface area contributed by atoms with Crippen LogP contribution in [0, 0.1) is 5.82 Å². The molecule has 0 aromatic heterocycles. The van der Waals surface area contributed by atoms with Gasteiger partial charge in [-0.3, -0.25) is 4.79 Å². The number of nitrogens with zero attached hydrogens (tertiary/aromatic N) is 1. The molecule has 1 N–H and O–H groups in total. The van der Waals surface area contributed by atoms with Gasteiger partial charge in [0.15, 0.2) is 0 Å². The highest BCUT2D eigenvalue weighted by Gasteiger charge is 2.09. The molecule has 1 heterocycles. The van der Waals surface area contributed by atoms with Crippen LogP contribution in [0.1, 0.15) is 24.8 Å². The van der Waals surface area contributed by atoms with Crippen LogP contribution in [0.3, 0.4) is 0 Å². The van der Waals surface area contributed by atoms with Crippen LogP contribution < -0.4 is 5.32 Å². The Morgan fingerprint density at radius 1 is 1.20 bits per heavy atom. The zero-order valence-electron chi connectivity index (χ0n) is 11.6. The lowest BCUT2D eigenvalue weighted by atomic mass is 10.1. The lowest BCUT2D eigenvalue weighted by Crippen LogP contribution is -2.37. The van der Waals surface area contributed by atoms with Gasteiger partial charge in [-0.1, -0.05) is 18.6 Å². The summed E-state index contributed by atoms with van der Waals surface area (Å²) in [5.74, 6) is -0.375. The highest BCUT2D eigenvalue weighted by atomic mass is 19.1. The predicted molar refractivity (Wildman–Crippen MR) is 78.7 cm³/mol. The molecule has 0 spiro atoms. The molecule has 1 fully saturated rings. The van der Waals surface area contributed by atoms with E-state index in [-0.39, 0.29) is 11.7 Å². The topological polar surface area (TPSA) is 32.3 Å². The smallest absolute Gasteiger partial charge is 0.244 e. The van der Waals surface area contributed by atoms with Gasteiger partial charge in [0.2, 0.25) is 5.91 Å². The van der Waals surface area contributed by atoms with Gasteiger partial charge >= 0.3 is 0 Å². The normalized spacial score (nSPS) is 16.4. The van der Waals surface area contributed by atoms with E-state index < -0.39 is 0 Å². The molecular formula is C16H21FN2O. The first-order valence-electron chi connectivity index (χ1n) is 7.18. The van der Waals surface area contributed by atoms with Crippen LogP contribution in [-0.4, -0.2) is 37.0 Å². The van der Waals surface area contributed by atoms with E-state index in [0.29, 0.717) is 6.54 Å². The number of nitrogens with one attached hydrogen (secondary N) is 1. The van der Waals surface area contributed by atoms with Gasteiger partial charge in [0.05, 0.1) is 0 Å². The van der Waals surface area contributed by atoms with Gasteiger partial charge in [-0.15, -0.1) is 0 Å². The third-order valence-electron chi connectivity index (χ3n) is 3.47. The SMILES string of the molecule is O=C(/C=C\c1ccc(F)cc1)NCCN1CCCCC1. The standard InChI is InChI=1S/C16H21FN2O/c17-15-7-4-14(5-8-15)6-9-16(20)18-10-13-19-11-2-1-3-12-19/h4-9H,1-3,10-13H2,(H,18,20)/b9-6-. The fourth-order valence-corrected chi connectivity index (χ4v) is 2.32. The number of rotatable bonds is 5. The lowest BCUT2D eigenvalue weighted by Gasteiger charge is -2.26. The summed E-state index contributed by atoms with van der Waals surface area (Å²) in [7, 11) is 0. The summed E-state index contributed by atoms with van der Waals surface area (Å²) < 4.78 is 12.7. The van der Waals surface area contributed by atoms with Gasteiger partial charge in [-0.2, -0.15) is 0 Å². The Kier molecular flexibility index (Phi) is 5.74. The summed E-state index contributed by atoms with van der Waals surface area (Å²) in [6.07, 6.45) is 7.03. The number of carbonyl (C=O) groups is 1. The molecule has 20 heavy (non-hydrogen) atoms. The molecule has 0 unspecified atom stereocenters. The van der Waals surface area contributed by atoms with Crippen molar-refractivity contribution in [1.82, 2.24) is 10.2 Å². The van der Waals surface area contributed by atoms with Crippen molar-refractivity contribution in [2.24, 2.45) is 0 Å². The Bertz CT molecular complexity index is 450. The van der Waals surface area contributed by atoms with Crippen LogP contribution in [0.2, 0.25) is 0 Å². The highest BCUT2D eigenvalue weighted by Crippen LogP contribution is 2.07. The molecule has 1 aromatic carbocycles. The zero-order valence-corrected chi connectivity index (χ0v) is 11.6. The maximum absolute atomic E-state index is 12.7. The summed E-state index contributed by atoms with van der Waals surface area (Å²) >= 11 is 0. The van der Waals surface area contributed by atoms with Gasteiger partial charge in [0.25, 0.3) is 0 Å². The van der Waals surface area contributed by atoms with Gasteiger partial charge in [-0.25, -0.2) is 4.39 Å². The Morgan fingerprint density at radius 3 is 2.60 bits per heavy atom. The second-order valence-electron chi connectivity index (χ2n) is 5.08. The Hall–Kier alpha value is -1.68. The largest absolute Gasteiger partial charge is 0.351 e. The van der Waals surface area contributed by atoms with E-state index in [1.54, 1.807) is 18.2 Å². The molecule has 1 aromatic rings. The van der Waals surface area contributed by atoms with Crippen LogP contribution in [0.4, 0.5) is 4.39 Å². The van der Waals surface area contributed by atoms with Crippen LogP contribution in [0.25, 0.3) is 6.08 Å². The second kappa shape index (κ2) is 7.80. The Labute approximate surface area is 119 Å². The van der Waals surface area contributed by atoms with Crippen LogP contribution in [0.5, 0.6) is 0 Å². The molecule has 0 saturated carbocycles. The first-order chi connectivity index (χ1) is 9.74. The maximum atomic E-state index is 12.7. The highest BCUT2D eigenvalue weighted by molar-refractivity contribution is 5.91. The molecule has 4 heteroatoms. The average Bonchev–Trinajstić information content (AvgIpc) is 2.48. The van der Waals surface area contributed by atoms with Crippen LogP contribution in [0.15, 0.2) is 30.3 Å². The van der Waals surface area contributed by atoms with E-state index in [9.17, 15) is 9.18 Å². The minimum atomic E-state index is -0.270. The molecule has 108 valence electrons. The zero-order chi connectivity index (χ0) is 14.2. The van der Waals surface area contributed by atoms with E-state index >= 15 is 0 Å². The first kappa shape index (κ1) is 14.7. The number of amides is 1. The summed E-state index contributed by atoms with van der Waals surface area (Å²) in [6.45, 7) is 3.87. The van der Waals surface area contributed by atoms with Crippen LogP contribution in [-0.2, 0) is 4.79 Å². The van der Waals surface area contributed by atoms with Gasteiger partial charge in [0, 0.05) is 19.2 Å². The molecule has 1 aliphatic rings. The number of halogens is 1. The molecule has 3 nitrogen and oxygen atoms in total. The summed E-state index contributed by atoms with van der Waals surface area (Å²) in [6, 6.07) is 6.06. The Morgan fingerprint density at radius 2 is 1.90 bits per heavy atom.